The molecule has 2 aromatic heterocycles. The first-order chi connectivity index (χ1) is 10.2. The Bertz CT molecular complexity index is 821. The summed E-state index contributed by atoms with van der Waals surface area (Å²) in [4.78, 5) is 17.0. The van der Waals surface area contributed by atoms with Crippen molar-refractivity contribution in [3.8, 4) is 5.75 Å². The highest BCUT2D eigenvalue weighted by Crippen LogP contribution is 2.15. The summed E-state index contributed by atoms with van der Waals surface area (Å²) in [5.41, 5.74) is 1.63. The lowest BCUT2D eigenvalue weighted by Crippen LogP contribution is -2.16. The molecule has 0 radical (unpaired) electrons. The molecule has 0 fully saturated rings. The van der Waals surface area contributed by atoms with Crippen molar-refractivity contribution >= 4 is 16.3 Å². The summed E-state index contributed by atoms with van der Waals surface area (Å²) in [5.74, 6) is 0.765. The molecule has 0 N–H and O–H groups in total. The third kappa shape index (κ3) is 2.95. The van der Waals surface area contributed by atoms with Crippen LogP contribution in [0.2, 0.25) is 0 Å². The zero-order valence-electron chi connectivity index (χ0n) is 11.9. The first kappa shape index (κ1) is 13.8. The molecule has 0 aliphatic rings. The third-order valence-electron chi connectivity index (χ3n) is 3.05. The molecular formula is C15H15N3O2S. The average Bonchev–Trinajstić information content (AvgIpc) is 2.90. The van der Waals surface area contributed by atoms with Gasteiger partial charge in [-0.05, 0) is 25.5 Å². The average molecular weight is 301 g/mol. The van der Waals surface area contributed by atoms with Crippen molar-refractivity contribution in [2.45, 2.75) is 26.9 Å². The molecule has 5 nitrogen and oxygen atoms in total. The lowest BCUT2D eigenvalue weighted by Gasteiger charge is -2.05. The Morgan fingerprint density at radius 2 is 2.05 bits per heavy atom. The van der Waals surface area contributed by atoms with E-state index in [9.17, 15) is 4.79 Å². The summed E-state index contributed by atoms with van der Waals surface area (Å²) in [7, 11) is 0. The molecule has 2 heterocycles. The van der Waals surface area contributed by atoms with E-state index >= 15 is 0 Å². The minimum Gasteiger partial charge on any atom is -0.487 e. The molecule has 0 bridgehead atoms. The Morgan fingerprint density at radius 1 is 1.29 bits per heavy atom. The smallest absolute Gasteiger partial charge is 0.275 e. The van der Waals surface area contributed by atoms with E-state index in [0.29, 0.717) is 10.7 Å². The number of aryl methyl sites for hydroxylation is 2. The van der Waals surface area contributed by atoms with Crippen LogP contribution in [0.4, 0.5) is 0 Å². The maximum atomic E-state index is 12.0. The molecule has 0 unspecified atom stereocenters. The van der Waals surface area contributed by atoms with Crippen LogP contribution in [0.1, 0.15) is 23.2 Å². The monoisotopic (exact) mass is 301 g/mol. The zero-order chi connectivity index (χ0) is 14.8. The maximum Gasteiger partial charge on any atom is 0.275 e. The molecule has 0 aliphatic carbocycles. The van der Waals surface area contributed by atoms with Gasteiger partial charge in [0.1, 0.15) is 17.4 Å². The topological polar surface area (TPSA) is 56.5 Å². The van der Waals surface area contributed by atoms with E-state index in [-0.39, 0.29) is 12.2 Å². The van der Waals surface area contributed by atoms with Crippen molar-refractivity contribution in [3.63, 3.8) is 0 Å². The SMILES string of the molecule is CCc1nn2c(=O)cc(COc3ccc(C)cc3)nc2s1. The molecule has 6 heteroatoms. The van der Waals surface area contributed by atoms with Gasteiger partial charge in [-0.25, -0.2) is 4.98 Å². The summed E-state index contributed by atoms with van der Waals surface area (Å²) in [6, 6.07) is 9.25. The van der Waals surface area contributed by atoms with E-state index in [4.69, 9.17) is 4.74 Å². The quantitative estimate of drug-likeness (QED) is 0.743. The van der Waals surface area contributed by atoms with Gasteiger partial charge in [0.15, 0.2) is 0 Å². The number of aromatic nitrogens is 3. The van der Waals surface area contributed by atoms with Gasteiger partial charge in [-0.2, -0.15) is 9.61 Å². The van der Waals surface area contributed by atoms with E-state index in [1.54, 1.807) is 0 Å². The van der Waals surface area contributed by atoms with Gasteiger partial charge in [0.25, 0.3) is 5.56 Å². The second kappa shape index (κ2) is 5.65. The van der Waals surface area contributed by atoms with Crippen LogP contribution >= 0.6 is 11.3 Å². The second-order valence-electron chi connectivity index (χ2n) is 4.73. The van der Waals surface area contributed by atoms with Gasteiger partial charge in [0.2, 0.25) is 4.96 Å². The molecule has 0 atom stereocenters. The summed E-state index contributed by atoms with van der Waals surface area (Å²) in [6.45, 7) is 4.30. The van der Waals surface area contributed by atoms with E-state index < -0.39 is 0 Å². The lowest BCUT2D eigenvalue weighted by molar-refractivity contribution is 0.301. The van der Waals surface area contributed by atoms with Crippen molar-refractivity contribution in [3.05, 3.63) is 57.0 Å². The number of nitrogens with zero attached hydrogens (tertiary/aromatic N) is 3. The molecule has 1 aromatic carbocycles. The summed E-state index contributed by atoms with van der Waals surface area (Å²) in [6.07, 6.45) is 0.794. The molecule has 0 saturated carbocycles. The molecule has 0 aliphatic heterocycles. The maximum absolute atomic E-state index is 12.0. The summed E-state index contributed by atoms with van der Waals surface area (Å²) >= 11 is 1.43. The number of rotatable bonds is 4. The van der Waals surface area contributed by atoms with Gasteiger partial charge in [-0.1, -0.05) is 36.0 Å². The summed E-state index contributed by atoms with van der Waals surface area (Å²) in [5, 5.41) is 5.12. The number of benzene rings is 1. The van der Waals surface area contributed by atoms with Crippen LogP contribution in [-0.2, 0) is 13.0 Å². The molecule has 0 amide bonds. The van der Waals surface area contributed by atoms with Crippen LogP contribution < -0.4 is 10.3 Å². The number of fused-ring (bicyclic) bond motifs is 1. The minimum atomic E-state index is -0.168. The zero-order valence-corrected chi connectivity index (χ0v) is 12.7. The molecule has 21 heavy (non-hydrogen) atoms. The first-order valence-electron chi connectivity index (χ1n) is 6.74. The molecule has 3 aromatic rings. The molecule has 0 saturated heterocycles. The Labute approximate surface area is 125 Å². The van der Waals surface area contributed by atoms with Gasteiger partial charge < -0.3 is 4.74 Å². The molecular weight excluding hydrogens is 286 g/mol. The number of hydrogen-bond acceptors (Lipinski definition) is 5. The second-order valence-corrected chi connectivity index (χ2v) is 5.77. The number of hydrogen-bond donors (Lipinski definition) is 0. The Balaban J connectivity index is 1.83. The van der Waals surface area contributed by atoms with Crippen molar-refractivity contribution in [2.24, 2.45) is 0 Å². The fourth-order valence-electron chi connectivity index (χ4n) is 1.90. The van der Waals surface area contributed by atoms with Crippen LogP contribution in [0.15, 0.2) is 35.1 Å². The number of ether oxygens (including phenoxy) is 1. The van der Waals surface area contributed by atoms with Crippen LogP contribution in [0.25, 0.3) is 4.96 Å². The normalized spacial score (nSPS) is 11.0. The predicted octanol–water partition coefficient (Wildman–Crippen LogP) is 2.60. The van der Waals surface area contributed by atoms with Gasteiger partial charge >= 0.3 is 0 Å². The van der Waals surface area contributed by atoms with Crippen LogP contribution in [0.5, 0.6) is 5.75 Å². The van der Waals surface area contributed by atoms with Crippen LogP contribution in [0.3, 0.4) is 0 Å². The fourth-order valence-corrected chi connectivity index (χ4v) is 2.76. The van der Waals surface area contributed by atoms with Crippen LogP contribution in [-0.4, -0.2) is 14.6 Å². The Morgan fingerprint density at radius 3 is 2.76 bits per heavy atom. The van der Waals surface area contributed by atoms with Gasteiger partial charge in [0.05, 0.1) is 5.69 Å². The molecule has 108 valence electrons. The van der Waals surface area contributed by atoms with Crippen LogP contribution in [0, 0.1) is 6.92 Å². The Kier molecular flexibility index (Phi) is 3.70. The van der Waals surface area contributed by atoms with Gasteiger partial charge in [-0.3, -0.25) is 4.79 Å². The fraction of sp³-hybridized carbons (Fsp3) is 0.267. The third-order valence-corrected chi connectivity index (χ3v) is 4.10. The predicted molar refractivity (Wildman–Crippen MR) is 82.0 cm³/mol. The van der Waals surface area contributed by atoms with E-state index in [1.807, 2.05) is 38.1 Å². The minimum absolute atomic E-state index is 0.168. The van der Waals surface area contributed by atoms with Gasteiger partial charge in [-0.15, -0.1) is 0 Å². The van der Waals surface area contributed by atoms with Gasteiger partial charge in [0, 0.05) is 6.07 Å². The molecule has 0 spiro atoms. The largest absolute Gasteiger partial charge is 0.487 e. The summed E-state index contributed by atoms with van der Waals surface area (Å²) < 4.78 is 7.00. The molecule has 3 rings (SSSR count). The van der Waals surface area contributed by atoms with E-state index in [1.165, 1.54) is 27.5 Å². The Hall–Kier alpha value is -2.21. The highest BCUT2D eigenvalue weighted by Gasteiger charge is 2.08. The van der Waals surface area contributed by atoms with Crippen molar-refractivity contribution < 1.29 is 4.74 Å². The van der Waals surface area contributed by atoms with E-state index in [0.717, 1.165) is 17.2 Å². The highest BCUT2D eigenvalue weighted by atomic mass is 32.1. The van der Waals surface area contributed by atoms with Crippen molar-refractivity contribution in [2.75, 3.05) is 0 Å². The lowest BCUT2D eigenvalue weighted by atomic mass is 10.2. The van der Waals surface area contributed by atoms with E-state index in [2.05, 4.69) is 10.1 Å². The highest BCUT2D eigenvalue weighted by molar-refractivity contribution is 7.16. The first-order valence-corrected chi connectivity index (χ1v) is 7.55. The van der Waals surface area contributed by atoms with Crippen molar-refractivity contribution in [1.29, 1.82) is 0 Å². The van der Waals surface area contributed by atoms with Crippen molar-refractivity contribution in [1.82, 2.24) is 14.6 Å². The standard InChI is InChI=1S/C15H15N3O2S/c1-3-13-17-18-14(19)8-11(16-15(18)21-13)9-20-12-6-4-10(2)5-7-12/h4-8H,3,9H2,1-2H3.